The van der Waals surface area contributed by atoms with Gasteiger partial charge in [0.2, 0.25) is 0 Å². The highest BCUT2D eigenvalue weighted by molar-refractivity contribution is 6.30. The van der Waals surface area contributed by atoms with Gasteiger partial charge in [0.25, 0.3) is 0 Å². The average Bonchev–Trinajstić information content (AvgIpc) is 3.15. The quantitative estimate of drug-likeness (QED) is 0.689. The van der Waals surface area contributed by atoms with Crippen molar-refractivity contribution in [2.24, 2.45) is 0 Å². The predicted octanol–water partition coefficient (Wildman–Crippen LogP) is 3.89. The molecule has 0 amide bonds. The number of likely N-dealkylation sites (tertiary alicyclic amines) is 1. The van der Waals surface area contributed by atoms with Crippen LogP contribution in [0.5, 0.6) is 5.75 Å². The van der Waals surface area contributed by atoms with Gasteiger partial charge in [0.15, 0.2) is 0 Å². The Balaban J connectivity index is 1.46. The standard InChI is InChI=1S/C20H26ClN3O/c21-19-6-7-20(25-16-17-5-3-8-22-14-17)18(13-19)15-23-9-4-12-24-10-1-2-11-24/h3,5-8,13-14,23H,1-2,4,9-12,15-16H2. The van der Waals surface area contributed by atoms with Crippen molar-refractivity contribution < 1.29 is 4.74 Å². The van der Waals surface area contributed by atoms with E-state index in [1.807, 2.05) is 36.5 Å². The normalized spacial score (nSPS) is 14.8. The largest absolute Gasteiger partial charge is 0.489 e. The molecule has 0 bridgehead atoms. The molecule has 0 saturated carbocycles. The first kappa shape index (κ1) is 18.2. The molecule has 1 saturated heterocycles. The maximum absolute atomic E-state index is 6.16. The Kier molecular flexibility index (Phi) is 7.10. The van der Waals surface area contributed by atoms with E-state index in [0.29, 0.717) is 6.61 Å². The number of aromatic nitrogens is 1. The summed E-state index contributed by atoms with van der Waals surface area (Å²) in [6.45, 7) is 6.00. The monoisotopic (exact) mass is 359 g/mol. The van der Waals surface area contributed by atoms with Crippen LogP contribution in [0.4, 0.5) is 0 Å². The van der Waals surface area contributed by atoms with Crippen LogP contribution in [-0.4, -0.2) is 36.1 Å². The molecule has 0 unspecified atom stereocenters. The second kappa shape index (κ2) is 9.76. The molecular weight excluding hydrogens is 334 g/mol. The van der Waals surface area contributed by atoms with E-state index >= 15 is 0 Å². The molecule has 1 aromatic heterocycles. The minimum Gasteiger partial charge on any atom is -0.489 e. The third kappa shape index (κ3) is 5.99. The van der Waals surface area contributed by atoms with Crippen molar-refractivity contribution in [2.75, 3.05) is 26.2 Å². The molecule has 3 rings (SSSR count). The van der Waals surface area contributed by atoms with E-state index in [0.717, 1.165) is 35.0 Å². The number of nitrogens with zero attached hydrogens (tertiary/aromatic N) is 2. The van der Waals surface area contributed by atoms with Crippen LogP contribution in [0.1, 0.15) is 30.4 Å². The van der Waals surface area contributed by atoms with E-state index in [2.05, 4.69) is 15.2 Å². The van der Waals surface area contributed by atoms with Crippen LogP contribution < -0.4 is 10.1 Å². The fourth-order valence-corrected chi connectivity index (χ4v) is 3.32. The van der Waals surface area contributed by atoms with Gasteiger partial charge in [-0.05, 0) is 69.7 Å². The van der Waals surface area contributed by atoms with Gasteiger partial charge in [-0.1, -0.05) is 17.7 Å². The van der Waals surface area contributed by atoms with Crippen LogP contribution in [0.25, 0.3) is 0 Å². The first-order valence-corrected chi connectivity index (χ1v) is 9.42. The first-order chi connectivity index (χ1) is 12.3. The molecule has 5 heteroatoms. The Bertz CT molecular complexity index is 645. The van der Waals surface area contributed by atoms with Crippen LogP contribution in [0.3, 0.4) is 0 Å². The molecule has 0 atom stereocenters. The molecule has 1 fully saturated rings. The van der Waals surface area contributed by atoms with Crippen LogP contribution in [0.15, 0.2) is 42.7 Å². The lowest BCUT2D eigenvalue weighted by Gasteiger charge is -2.15. The van der Waals surface area contributed by atoms with Crippen molar-refractivity contribution in [1.29, 1.82) is 0 Å². The molecule has 1 aromatic carbocycles. The molecule has 25 heavy (non-hydrogen) atoms. The van der Waals surface area contributed by atoms with Crippen LogP contribution >= 0.6 is 11.6 Å². The van der Waals surface area contributed by atoms with E-state index in [-0.39, 0.29) is 0 Å². The van der Waals surface area contributed by atoms with Crippen molar-refractivity contribution in [2.45, 2.75) is 32.4 Å². The summed E-state index contributed by atoms with van der Waals surface area (Å²) in [7, 11) is 0. The molecule has 4 nitrogen and oxygen atoms in total. The summed E-state index contributed by atoms with van der Waals surface area (Å²) in [5, 5.41) is 4.25. The molecule has 0 spiro atoms. The van der Waals surface area contributed by atoms with Crippen LogP contribution in [0, 0.1) is 0 Å². The van der Waals surface area contributed by atoms with Gasteiger partial charge in [0, 0.05) is 35.1 Å². The van der Waals surface area contributed by atoms with Gasteiger partial charge >= 0.3 is 0 Å². The zero-order valence-electron chi connectivity index (χ0n) is 14.6. The lowest BCUT2D eigenvalue weighted by molar-refractivity contribution is 0.301. The van der Waals surface area contributed by atoms with Gasteiger partial charge in [-0.2, -0.15) is 0 Å². The minimum atomic E-state index is 0.511. The summed E-state index contributed by atoms with van der Waals surface area (Å²) >= 11 is 6.16. The summed E-state index contributed by atoms with van der Waals surface area (Å²) in [6, 6.07) is 9.73. The second-order valence-corrected chi connectivity index (χ2v) is 6.92. The van der Waals surface area contributed by atoms with E-state index in [1.54, 1.807) is 6.20 Å². The number of nitrogens with one attached hydrogen (secondary N) is 1. The number of rotatable bonds is 9. The van der Waals surface area contributed by atoms with Crippen molar-refractivity contribution in [3.05, 3.63) is 58.9 Å². The molecule has 0 radical (unpaired) electrons. The molecule has 1 N–H and O–H groups in total. The SMILES string of the molecule is Clc1ccc(OCc2cccnc2)c(CNCCCN2CCCC2)c1. The first-order valence-electron chi connectivity index (χ1n) is 9.04. The Morgan fingerprint density at radius 1 is 1.20 bits per heavy atom. The molecule has 1 aliphatic heterocycles. The molecule has 2 heterocycles. The van der Waals surface area contributed by atoms with E-state index < -0.39 is 0 Å². The summed E-state index contributed by atoms with van der Waals surface area (Å²) in [4.78, 5) is 6.66. The number of hydrogen-bond donors (Lipinski definition) is 1. The third-order valence-corrected chi connectivity index (χ3v) is 4.72. The summed E-state index contributed by atoms with van der Waals surface area (Å²) in [6.07, 6.45) is 7.48. The highest BCUT2D eigenvalue weighted by Gasteiger charge is 2.10. The van der Waals surface area contributed by atoms with Gasteiger partial charge in [0.05, 0.1) is 0 Å². The van der Waals surface area contributed by atoms with Crippen molar-refractivity contribution in [3.8, 4) is 5.75 Å². The van der Waals surface area contributed by atoms with E-state index in [1.165, 1.54) is 38.9 Å². The van der Waals surface area contributed by atoms with Gasteiger partial charge < -0.3 is 15.0 Å². The van der Waals surface area contributed by atoms with Crippen molar-refractivity contribution >= 4 is 11.6 Å². The highest BCUT2D eigenvalue weighted by Crippen LogP contribution is 2.23. The Morgan fingerprint density at radius 2 is 2.08 bits per heavy atom. The maximum Gasteiger partial charge on any atom is 0.124 e. The zero-order valence-corrected chi connectivity index (χ0v) is 15.3. The Morgan fingerprint density at radius 3 is 2.88 bits per heavy atom. The number of hydrogen-bond acceptors (Lipinski definition) is 4. The zero-order chi connectivity index (χ0) is 17.3. The van der Waals surface area contributed by atoms with Gasteiger partial charge in [-0.25, -0.2) is 0 Å². The third-order valence-electron chi connectivity index (χ3n) is 4.48. The number of ether oxygens (including phenoxy) is 1. The molecule has 0 aliphatic carbocycles. The Labute approximate surface area is 155 Å². The smallest absolute Gasteiger partial charge is 0.124 e. The lowest BCUT2D eigenvalue weighted by Crippen LogP contribution is -2.24. The molecule has 134 valence electrons. The number of pyridine rings is 1. The number of halogens is 1. The second-order valence-electron chi connectivity index (χ2n) is 6.48. The maximum atomic E-state index is 6.16. The minimum absolute atomic E-state index is 0.511. The summed E-state index contributed by atoms with van der Waals surface area (Å²) in [5.41, 5.74) is 2.15. The fraction of sp³-hybridized carbons (Fsp3) is 0.450. The van der Waals surface area contributed by atoms with Gasteiger partial charge in [-0.3, -0.25) is 4.98 Å². The van der Waals surface area contributed by atoms with E-state index in [4.69, 9.17) is 16.3 Å². The lowest BCUT2D eigenvalue weighted by atomic mass is 10.2. The van der Waals surface area contributed by atoms with Crippen molar-refractivity contribution in [3.63, 3.8) is 0 Å². The molecular formula is C20H26ClN3O. The summed E-state index contributed by atoms with van der Waals surface area (Å²) < 4.78 is 5.97. The van der Waals surface area contributed by atoms with Crippen LogP contribution in [0.2, 0.25) is 5.02 Å². The average molecular weight is 360 g/mol. The van der Waals surface area contributed by atoms with Crippen LogP contribution in [-0.2, 0) is 13.2 Å². The molecule has 2 aromatic rings. The molecule has 1 aliphatic rings. The highest BCUT2D eigenvalue weighted by atomic mass is 35.5. The fourth-order valence-electron chi connectivity index (χ4n) is 3.13. The topological polar surface area (TPSA) is 37.4 Å². The van der Waals surface area contributed by atoms with E-state index in [9.17, 15) is 0 Å². The Hall–Kier alpha value is -1.62. The summed E-state index contributed by atoms with van der Waals surface area (Å²) in [5.74, 6) is 0.875. The predicted molar refractivity (Wildman–Crippen MR) is 102 cm³/mol. The van der Waals surface area contributed by atoms with Gasteiger partial charge in [0.1, 0.15) is 12.4 Å². The number of benzene rings is 1. The van der Waals surface area contributed by atoms with Gasteiger partial charge in [-0.15, -0.1) is 0 Å². The van der Waals surface area contributed by atoms with Crippen molar-refractivity contribution in [1.82, 2.24) is 15.2 Å².